The minimum Gasteiger partial charge on any atom is -0.373 e. The number of rotatable bonds is 9. The third kappa shape index (κ3) is 6.09. The van der Waals surface area contributed by atoms with Crippen LogP contribution in [0.5, 0.6) is 0 Å². The average Bonchev–Trinajstić information content (AvgIpc) is 3.14. The first kappa shape index (κ1) is 11.9. The van der Waals surface area contributed by atoms with Crippen LogP contribution in [0, 0.1) is 0 Å². The Morgan fingerprint density at radius 3 is 2.12 bits per heavy atom. The summed E-state index contributed by atoms with van der Waals surface area (Å²) in [5.41, 5.74) is 0. The van der Waals surface area contributed by atoms with Crippen molar-refractivity contribution in [1.29, 1.82) is 0 Å². The molecular formula is C14H22O2. The molecule has 2 aliphatic rings. The van der Waals surface area contributed by atoms with Crippen molar-refractivity contribution in [3.05, 3.63) is 24.3 Å². The first-order valence-corrected chi connectivity index (χ1v) is 6.50. The van der Waals surface area contributed by atoms with Crippen LogP contribution in [0.4, 0.5) is 0 Å². The molecule has 16 heavy (non-hydrogen) atoms. The number of hydrogen-bond acceptors (Lipinski definition) is 2. The summed E-state index contributed by atoms with van der Waals surface area (Å²) in [5.74, 6) is 0. The minimum absolute atomic E-state index is 0.568. The van der Waals surface area contributed by atoms with Crippen LogP contribution in [-0.2, 0) is 9.47 Å². The van der Waals surface area contributed by atoms with E-state index < -0.39 is 0 Å². The molecule has 2 fully saturated rings. The molecule has 0 amide bonds. The van der Waals surface area contributed by atoms with Crippen LogP contribution in [0.3, 0.4) is 0 Å². The molecule has 0 aliphatic carbocycles. The molecule has 2 rings (SSSR count). The molecule has 2 aliphatic heterocycles. The summed E-state index contributed by atoms with van der Waals surface area (Å²) in [6.45, 7) is 1.98. The van der Waals surface area contributed by atoms with E-state index in [9.17, 15) is 0 Å². The van der Waals surface area contributed by atoms with Gasteiger partial charge in [0.15, 0.2) is 0 Å². The van der Waals surface area contributed by atoms with Gasteiger partial charge in [-0.15, -0.1) is 0 Å². The molecule has 90 valence electrons. The largest absolute Gasteiger partial charge is 0.373 e. The Labute approximate surface area is 98.3 Å². The van der Waals surface area contributed by atoms with Crippen LogP contribution in [-0.4, -0.2) is 25.4 Å². The number of allylic oxidation sites excluding steroid dienone is 4. The van der Waals surface area contributed by atoms with Gasteiger partial charge in [-0.25, -0.2) is 0 Å². The van der Waals surface area contributed by atoms with Crippen LogP contribution >= 0.6 is 0 Å². The molecule has 0 N–H and O–H groups in total. The highest BCUT2D eigenvalue weighted by Crippen LogP contribution is 2.17. The Morgan fingerprint density at radius 2 is 1.44 bits per heavy atom. The molecule has 2 saturated heterocycles. The molecule has 2 atom stereocenters. The summed E-state index contributed by atoms with van der Waals surface area (Å²) < 4.78 is 10.3. The molecule has 0 aromatic heterocycles. The summed E-state index contributed by atoms with van der Waals surface area (Å²) >= 11 is 0. The van der Waals surface area contributed by atoms with E-state index in [1.54, 1.807) is 0 Å². The Balaban J connectivity index is 1.35. The lowest BCUT2D eigenvalue weighted by molar-refractivity contribution is 0.390. The van der Waals surface area contributed by atoms with Crippen molar-refractivity contribution >= 4 is 0 Å². The topological polar surface area (TPSA) is 25.1 Å². The van der Waals surface area contributed by atoms with E-state index in [0.29, 0.717) is 12.2 Å². The lowest BCUT2D eigenvalue weighted by atomic mass is 10.1. The van der Waals surface area contributed by atoms with E-state index >= 15 is 0 Å². The molecule has 2 heteroatoms. The molecular weight excluding hydrogens is 200 g/mol. The molecule has 2 heterocycles. The van der Waals surface area contributed by atoms with Gasteiger partial charge in [0.2, 0.25) is 0 Å². The summed E-state index contributed by atoms with van der Waals surface area (Å²) in [6.07, 6.45) is 17.4. The van der Waals surface area contributed by atoms with E-state index in [1.807, 2.05) is 0 Å². The standard InChI is InChI=1S/C14H22O2/c1(3-5-7-9-13-11-15-13)2-4-6-8-10-14-12-16-14/h1-3,5,13-14H,4,6-12H2. The quantitative estimate of drug-likeness (QED) is 0.340. The summed E-state index contributed by atoms with van der Waals surface area (Å²) in [6, 6.07) is 0. The highest BCUT2D eigenvalue weighted by atomic mass is 16.6. The first-order valence-electron chi connectivity index (χ1n) is 6.50. The second-order valence-electron chi connectivity index (χ2n) is 4.63. The fraction of sp³-hybridized carbons (Fsp3) is 0.714. The maximum absolute atomic E-state index is 5.17. The monoisotopic (exact) mass is 222 g/mol. The number of ether oxygens (including phenoxy) is 2. The zero-order valence-corrected chi connectivity index (χ0v) is 9.94. The van der Waals surface area contributed by atoms with Gasteiger partial charge in [0.1, 0.15) is 0 Å². The van der Waals surface area contributed by atoms with Gasteiger partial charge < -0.3 is 9.47 Å². The van der Waals surface area contributed by atoms with Gasteiger partial charge in [0, 0.05) is 0 Å². The van der Waals surface area contributed by atoms with Crippen molar-refractivity contribution in [2.45, 2.75) is 50.7 Å². The van der Waals surface area contributed by atoms with Crippen molar-refractivity contribution in [3.8, 4) is 0 Å². The Bertz CT molecular complexity index is 237. The molecule has 2 nitrogen and oxygen atoms in total. The van der Waals surface area contributed by atoms with E-state index in [1.165, 1.54) is 32.1 Å². The smallest absolute Gasteiger partial charge is 0.0812 e. The number of epoxide rings is 2. The molecule has 0 aromatic rings. The Hall–Kier alpha value is -0.600. The lowest BCUT2D eigenvalue weighted by Crippen LogP contribution is -1.83. The van der Waals surface area contributed by atoms with Crippen molar-refractivity contribution < 1.29 is 9.47 Å². The molecule has 0 spiro atoms. The van der Waals surface area contributed by atoms with Crippen LogP contribution in [0.1, 0.15) is 38.5 Å². The normalized spacial score (nSPS) is 28.0. The SMILES string of the molecule is C(C=CCCC1CO1)=CCCCCC1CO1. The summed E-state index contributed by atoms with van der Waals surface area (Å²) in [4.78, 5) is 0. The second-order valence-corrected chi connectivity index (χ2v) is 4.63. The second kappa shape index (κ2) is 6.87. The van der Waals surface area contributed by atoms with Gasteiger partial charge in [-0.2, -0.15) is 0 Å². The molecule has 0 radical (unpaired) electrons. The first-order chi connectivity index (χ1) is 7.95. The van der Waals surface area contributed by atoms with Crippen LogP contribution in [0.15, 0.2) is 24.3 Å². The van der Waals surface area contributed by atoms with Crippen molar-refractivity contribution in [1.82, 2.24) is 0 Å². The highest BCUT2D eigenvalue weighted by Gasteiger charge is 2.21. The van der Waals surface area contributed by atoms with E-state index in [2.05, 4.69) is 24.3 Å². The number of unbranched alkanes of at least 4 members (excludes halogenated alkanes) is 2. The molecule has 0 bridgehead atoms. The molecule has 0 saturated carbocycles. The van der Waals surface area contributed by atoms with Gasteiger partial charge in [0.25, 0.3) is 0 Å². The summed E-state index contributed by atoms with van der Waals surface area (Å²) in [7, 11) is 0. The van der Waals surface area contributed by atoms with Gasteiger partial charge in [-0.05, 0) is 32.1 Å². The van der Waals surface area contributed by atoms with Gasteiger partial charge >= 0.3 is 0 Å². The third-order valence-electron chi connectivity index (χ3n) is 2.99. The van der Waals surface area contributed by atoms with Gasteiger partial charge in [-0.3, -0.25) is 0 Å². The fourth-order valence-electron chi connectivity index (χ4n) is 1.74. The van der Waals surface area contributed by atoms with Gasteiger partial charge in [-0.1, -0.05) is 30.7 Å². The highest BCUT2D eigenvalue weighted by molar-refractivity contribution is 5.02. The maximum atomic E-state index is 5.17. The molecule has 2 unspecified atom stereocenters. The third-order valence-corrected chi connectivity index (χ3v) is 2.99. The van der Waals surface area contributed by atoms with Gasteiger partial charge in [0.05, 0.1) is 25.4 Å². The predicted octanol–water partition coefficient (Wildman–Crippen LogP) is 3.24. The van der Waals surface area contributed by atoms with E-state index in [-0.39, 0.29) is 0 Å². The van der Waals surface area contributed by atoms with Crippen LogP contribution in [0.2, 0.25) is 0 Å². The minimum atomic E-state index is 0.568. The Morgan fingerprint density at radius 1 is 0.812 bits per heavy atom. The average molecular weight is 222 g/mol. The van der Waals surface area contributed by atoms with Crippen molar-refractivity contribution in [2.75, 3.05) is 13.2 Å². The lowest BCUT2D eigenvalue weighted by Gasteiger charge is -1.93. The maximum Gasteiger partial charge on any atom is 0.0812 e. The van der Waals surface area contributed by atoms with E-state index in [0.717, 1.165) is 19.6 Å². The predicted molar refractivity (Wildman–Crippen MR) is 65.5 cm³/mol. The van der Waals surface area contributed by atoms with Crippen LogP contribution < -0.4 is 0 Å². The van der Waals surface area contributed by atoms with E-state index in [4.69, 9.17) is 9.47 Å². The summed E-state index contributed by atoms with van der Waals surface area (Å²) in [5, 5.41) is 0. The van der Waals surface area contributed by atoms with Crippen LogP contribution in [0.25, 0.3) is 0 Å². The zero-order chi connectivity index (χ0) is 11.1. The van der Waals surface area contributed by atoms with Crippen molar-refractivity contribution in [2.24, 2.45) is 0 Å². The number of hydrogen-bond donors (Lipinski definition) is 0. The Kier molecular flexibility index (Phi) is 5.10. The van der Waals surface area contributed by atoms with Crippen molar-refractivity contribution in [3.63, 3.8) is 0 Å². The zero-order valence-electron chi connectivity index (χ0n) is 9.94. The molecule has 0 aromatic carbocycles. The fourth-order valence-corrected chi connectivity index (χ4v) is 1.74.